The van der Waals surface area contributed by atoms with E-state index in [1.807, 2.05) is 90.8 Å². The fraction of sp³-hybridized carbons (Fsp3) is 0.0667. The molecule has 6 aromatic rings. The Labute approximate surface area is 218 Å². The predicted molar refractivity (Wildman–Crippen MR) is 140 cm³/mol. The van der Waals surface area contributed by atoms with E-state index in [9.17, 15) is 0 Å². The number of aryl methyl sites for hydroxylation is 1. The van der Waals surface area contributed by atoms with Gasteiger partial charge in [0.25, 0.3) is 0 Å². The number of aromatic nitrogens is 2. The Bertz CT molecular complexity index is 1670. The molecule has 0 unspecified atom stereocenters. The molecule has 0 fully saturated rings. The Morgan fingerprint density at radius 3 is 2.37 bits per heavy atom. The summed E-state index contributed by atoms with van der Waals surface area (Å²) in [6.07, 6.45) is 7.99. The molecule has 0 bridgehead atoms. The average molecular weight is 631 g/mol. The van der Waals surface area contributed by atoms with Crippen molar-refractivity contribution in [3.8, 4) is 0 Å². The van der Waals surface area contributed by atoms with Crippen molar-refractivity contribution in [2.45, 2.75) is 0 Å². The van der Waals surface area contributed by atoms with E-state index in [2.05, 4.69) is 59.1 Å². The molecule has 35 heavy (non-hydrogen) atoms. The number of hydrogen-bond donors (Lipinski definition) is 0. The molecular weight excluding hydrogens is 609 g/mol. The van der Waals surface area contributed by atoms with Gasteiger partial charge in [0.15, 0.2) is 0 Å². The maximum absolute atomic E-state index is 4.65. The van der Waals surface area contributed by atoms with Crippen LogP contribution in [0.2, 0.25) is 0 Å². The Hall–Kier alpha value is -3.66. The van der Waals surface area contributed by atoms with Gasteiger partial charge < -0.3 is 14.4 Å². The standard InChI is InChI=1S/C20H12N2.C10H10N2.Ir/c1-22-11-10-15-13-6-2-3-7-14(13)17-12-21-18-9-5-4-8-16(18)19(17)20(15)22;1-11-7-8-12(9-11)10-5-3-2-4-6-10;/h2-5,7-9,11-12H,1H3;2-5,7-9H,1H3;/q2*-2;. The first-order valence-corrected chi connectivity index (χ1v) is 11.2. The van der Waals surface area contributed by atoms with Gasteiger partial charge >= 0.3 is 0 Å². The van der Waals surface area contributed by atoms with Gasteiger partial charge in [-0.1, -0.05) is 40.7 Å². The van der Waals surface area contributed by atoms with E-state index >= 15 is 0 Å². The van der Waals surface area contributed by atoms with Crippen LogP contribution in [0.1, 0.15) is 0 Å². The Kier molecular flexibility index (Phi) is 6.29. The van der Waals surface area contributed by atoms with Gasteiger partial charge in [-0.15, -0.1) is 17.8 Å². The van der Waals surface area contributed by atoms with Gasteiger partial charge in [-0.05, 0) is 37.9 Å². The van der Waals surface area contributed by atoms with Crippen LogP contribution >= 0.6 is 0 Å². The fourth-order valence-corrected chi connectivity index (χ4v) is 4.57. The molecule has 7 rings (SSSR count). The number of fused-ring (bicyclic) bond motifs is 8. The molecule has 5 heteroatoms. The first-order valence-electron chi connectivity index (χ1n) is 11.2. The van der Waals surface area contributed by atoms with E-state index < -0.39 is 0 Å². The predicted octanol–water partition coefficient (Wildman–Crippen LogP) is 6.46. The maximum atomic E-state index is 4.65. The molecule has 4 nitrogen and oxygen atoms in total. The zero-order valence-corrected chi connectivity index (χ0v) is 21.8. The van der Waals surface area contributed by atoms with Crippen molar-refractivity contribution in [2.75, 3.05) is 11.9 Å². The van der Waals surface area contributed by atoms with Crippen LogP contribution in [0.5, 0.6) is 0 Å². The van der Waals surface area contributed by atoms with Crippen LogP contribution in [0, 0.1) is 24.9 Å². The van der Waals surface area contributed by atoms with Crippen molar-refractivity contribution >= 4 is 49.0 Å². The minimum atomic E-state index is 0. The van der Waals surface area contributed by atoms with Crippen molar-refractivity contribution in [3.63, 3.8) is 0 Å². The molecule has 0 spiro atoms. The smallest absolute Gasteiger partial charge is 0.0697 e. The van der Waals surface area contributed by atoms with E-state index in [1.165, 1.54) is 27.1 Å². The molecule has 175 valence electrons. The zero-order chi connectivity index (χ0) is 23.1. The second kappa shape index (κ2) is 9.53. The molecular formula is C30H22IrN4-4. The minimum absolute atomic E-state index is 0. The van der Waals surface area contributed by atoms with Crippen LogP contribution < -0.4 is 4.90 Å². The third-order valence-electron chi connectivity index (χ3n) is 6.14. The summed E-state index contributed by atoms with van der Waals surface area (Å²) in [5, 5.41) is 7.03. The van der Waals surface area contributed by atoms with Crippen LogP contribution in [0.25, 0.3) is 43.4 Å². The van der Waals surface area contributed by atoms with E-state index in [-0.39, 0.29) is 20.1 Å². The number of pyridine rings is 1. The van der Waals surface area contributed by atoms with Crippen molar-refractivity contribution < 1.29 is 20.1 Å². The third-order valence-corrected chi connectivity index (χ3v) is 6.14. The Balaban J connectivity index is 0.000000167. The largest absolute Gasteiger partial charge is 0.510 e. The summed E-state index contributed by atoms with van der Waals surface area (Å²) in [6.45, 7) is 2.01. The quantitative estimate of drug-likeness (QED) is 0.154. The zero-order valence-electron chi connectivity index (χ0n) is 19.4. The molecule has 0 atom stereocenters. The van der Waals surface area contributed by atoms with Crippen molar-refractivity contribution in [3.05, 3.63) is 116 Å². The first kappa shape index (κ1) is 23.1. The number of nitrogens with zero attached hydrogens (tertiary/aromatic N) is 4. The van der Waals surface area contributed by atoms with Gasteiger partial charge in [0.2, 0.25) is 0 Å². The van der Waals surface area contributed by atoms with Gasteiger partial charge in [0, 0.05) is 26.3 Å². The molecule has 1 radical (unpaired) electrons. The SMILES string of the molecule is CN1C=CN(c2[c-]cccc2)[CH-]1.Cn1c[c-]c2c3[c-]cccc3c3cnc4ccccc4c3c21.[Ir]. The fourth-order valence-electron chi connectivity index (χ4n) is 4.57. The van der Waals surface area contributed by atoms with E-state index in [1.54, 1.807) is 0 Å². The number of hydrogen-bond acceptors (Lipinski definition) is 3. The Morgan fingerprint density at radius 1 is 0.771 bits per heavy atom. The van der Waals surface area contributed by atoms with Crippen LogP contribution in [0.3, 0.4) is 0 Å². The van der Waals surface area contributed by atoms with Crippen molar-refractivity contribution in [1.29, 1.82) is 0 Å². The number of anilines is 1. The molecule has 3 heterocycles. The molecule has 0 saturated carbocycles. The monoisotopic (exact) mass is 631 g/mol. The molecule has 0 N–H and O–H groups in total. The summed E-state index contributed by atoms with van der Waals surface area (Å²) >= 11 is 0. The second-order valence-electron chi connectivity index (χ2n) is 8.36. The molecule has 1 aliphatic rings. The van der Waals surface area contributed by atoms with Gasteiger partial charge in [0.1, 0.15) is 0 Å². The van der Waals surface area contributed by atoms with E-state index in [0.29, 0.717) is 0 Å². The number of benzene rings is 4. The van der Waals surface area contributed by atoms with Crippen molar-refractivity contribution in [2.24, 2.45) is 7.05 Å². The first-order chi connectivity index (χ1) is 16.7. The summed E-state index contributed by atoms with van der Waals surface area (Å²) in [5.41, 5.74) is 3.29. The third kappa shape index (κ3) is 4.07. The minimum Gasteiger partial charge on any atom is -0.510 e. The van der Waals surface area contributed by atoms with E-state index in [0.717, 1.165) is 22.0 Å². The van der Waals surface area contributed by atoms with Crippen LogP contribution in [0.4, 0.5) is 5.69 Å². The number of rotatable bonds is 1. The van der Waals surface area contributed by atoms with Crippen LogP contribution in [-0.4, -0.2) is 21.5 Å². The molecule has 0 amide bonds. The van der Waals surface area contributed by atoms with Gasteiger partial charge in [-0.3, -0.25) is 4.98 Å². The molecule has 2 aromatic heterocycles. The topological polar surface area (TPSA) is 24.3 Å². The Morgan fingerprint density at radius 2 is 1.57 bits per heavy atom. The second-order valence-corrected chi connectivity index (χ2v) is 8.36. The maximum Gasteiger partial charge on any atom is 0.0697 e. The average Bonchev–Trinajstić information content (AvgIpc) is 3.50. The van der Waals surface area contributed by atoms with Gasteiger partial charge in [-0.25, -0.2) is 22.9 Å². The molecule has 0 aliphatic carbocycles. The van der Waals surface area contributed by atoms with Gasteiger partial charge in [-0.2, -0.15) is 48.5 Å². The van der Waals surface area contributed by atoms with Crippen LogP contribution in [-0.2, 0) is 27.2 Å². The van der Waals surface area contributed by atoms with Gasteiger partial charge in [0.05, 0.1) is 5.52 Å². The van der Waals surface area contributed by atoms with Crippen molar-refractivity contribution in [1.82, 2.24) is 14.5 Å². The summed E-state index contributed by atoms with van der Waals surface area (Å²) in [7, 11) is 4.07. The molecule has 0 saturated heterocycles. The van der Waals surface area contributed by atoms with Crippen LogP contribution in [0.15, 0.2) is 91.5 Å². The van der Waals surface area contributed by atoms with E-state index in [4.69, 9.17) is 0 Å². The molecule has 4 aromatic carbocycles. The summed E-state index contributed by atoms with van der Waals surface area (Å²) < 4.78 is 2.14. The number of para-hydroxylation sites is 2. The summed E-state index contributed by atoms with van der Waals surface area (Å²) in [6, 6.07) is 32.3. The molecule has 1 aliphatic heterocycles. The summed E-state index contributed by atoms with van der Waals surface area (Å²) in [4.78, 5) is 8.68. The summed E-state index contributed by atoms with van der Waals surface area (Å²) in [5.74, 6) is 0. The normalized spacial score (nSPS) is 12.9.